The first-order valence-corrected chi connectivity index (χ1v) is 9.29. The lowest BCUT2D eigenvalue weighted by molar-refractivity contribution is 0.0950. The molecule has 116 valence electrons. The first-order valence-electron chi connectivity index (χ1n) is 7.64. The number of hydrogen-bond acceptors (Lipinski definition) is 3. The number of sulfonamides is 1. The van der Waals surface area contributed by atoms with Crippen LogP contribution in [-0.4, -0.2) is 20.0 Å². The summed E-state index contributed by atoms with van der Waals surface area (Å²) in [5.74, 6) is 0.714. The van der Waals surface area contributed by atoms with E-state index >= 15 is 0 Å². The van der Waals surface area contributed by atoms with Crippen LogP contribution >= 0.6 is 0 Å². The van der Waals surface area contributed by atoms with Crippen molar-refractivity contribution >= 4 is 21.5 Å². The Balaban J connectivity index is 1.96. The summed E-state index contributed by atoms with van der Waals surface area (Å²) in [4.78, 5) is 12.2. The Labute approximate surface area is 127 Å². The van der Waals surface area contributed by atoms with Crippen LogP contribution in [0.5, 0.6) is 0 Å². The smallest absolute Gasteiger partial charge is 0.232 e. The Morgan fingerprint density at radius 3 is 2.33 bits per heavy atom. The van der Waals surface area contributed by atoms with E-state index in [1.807, 2.05) is 0 Å². The van der Waals surface area contributed by atoms with Gasteiger partial charge in [0.05, 0.1) is 5.75 Å². The van der Waals surface area contributed by atoms with Crippen LogP contribution in [0.2, 0.25) is 0 Å². The van der Waals surface area contributed by atoms with E-state index < -0.39 is 10.0 Å². The summed E-state index contributed by atoms with van der Waals surface area (Å²) < 4.78 is 25.4. The van der Waals surface area contributed by atoms with Crippen molar-refractivity contribution in [2.75, 3.05) is 10.5 Å². The van der Waals surface area contributed by atoms with Crippen molar-refractivity contribution in [1.29, 1.82) is 0 Å². The number of Topliss-reactive ketones (excluding diaryl/α,β-unsaturated/α-hetero) is 1. The van der Waals surface area contributed by atoms with Crippen LogP contribution in [0.25, 0.3) is 0 Å². The maximum absolute atomic E-state index is 12.2. The molecule has 2 rings (SSSR count). The van der Waals surface area contributed by atoms with Crippen molar-refractivity contribution in [1.82, 2.24) is 0 Å². The van der Waals surface area contributed by atoms with Crippen LogP contribution in [0.4, 0.5) is 5.69 Å². The third kappa shape index (κ3) is 4.84. The second-order valence-corrected chi connectivity index (χ2v) is 7.73. The Bertz CT molecular complexity index is 572. The third-order valence-electron chi connectivity index (χ3n) is 4.06. The number of benzene rings is 1. The van der Waals surface area contributed by atoms with Crippen molar-refractivity contribution in [3.05, 3.63) is 29.8 Å². The maximum atomic E-state index is 12.2. The Hall–Kier alpha value is -1.36. The highest BCUT2D eigenvalue weighted by molar-refractivity contribution is 7.92. The molecular formula is C16H23NO3S. The van der Waals surface area contributed by atoms with E-state index in [0.29, 0.717) is 23.6 Å². The predicted molar refractivity (Wildman–Crippen MR) is 85.0 cm³/mol. The van der Waals surface area contributed by atoms with Gasteiger partial charge in [-0.05, 0) is 37.1 Å². The van der Waals surface area contributed by atoms with Crippen molar-refractivity contribution in [2.45, 2.75) is 45.4 Å². The quantitative estimate of drug-likeness (QED) is 0.817. The fourth-order valence-corrected chi connectivity index (χ4v) is 3.39. The monoisotopic (exact) mass is 309 g/mol. The molecule has 0 aliphatic heterocycles. The molecule has 0 radical (unpaired) electrons. The summed E-state index contributed by atoms with van der Waals surface area (Å²) in [5.41, 5.74) is 1.17. The number of rotatable bonds is 6. The number of carbonyl (C=O) groups excluding carboxylic acids is 1. The van der Waals surface area contributed by atoms with Gasteiger partial charge in [0.1, 0.15) is 0 Å². The highest BCUT2D eigenvalue weighted by atomic mass is 32.2. The van der Waals surface area contributed by atoms with Crippen molar-refractivity contribution in [2.24, 2.45) is 5.92 Å². The zero-order valence-corrected chi connectivity index (χ0v) is 13.3. The molecule has 5 heteroatoms. The van der Waals surface area contributed by atoms with Crippen LogP contribution in [0.1, 0.15) is 55.8 Å². The molecule has 0 amide bonds. The summed E-state index contributed by atoms with van der Waals surface area (Å²) >= 11 is 0. The van der Waals surface area contributed by atoms with Gasteiger partial charge >= 0.3 is 0 Å². The Kier molecular flexibility index (Phi) is 5.39. The number of hydrogen-bond donors (Lipinski definition) is 1. The average Bonchev–Trinajstić information content (AvgIpc) is 2.48. The van der Waals surface area contributed by atoms with Gasteiger partial charge in [-0.15, -0.1) is 0 Å². The SMILES string of the molecule is CCS(=O)(=O)Nc1ccc(C(=O)CC2CCCCC2)cc1. The van der Waals surface area contributed by atoms with Gasteiger partial charge in [-0.25, -0.2) is 8.42 Å². The van der Waals surface area contributed by atoms with E-state index in [4.69, 9.17) is 0 Å². The van der Waals surface area contributed by atoms with E-state index in [9.17, 15) is 13.2 Å². The topological polar surface area (TPSA) is 63.2 Å². The first-order chi connectivity index (χ1) is 10.00. The highest BCUT2D eigenvalue weighted by Crippen LogP contribution is 2.27. The molecular weight excluding hydrogens is 286 g/mol. The lowest BCUT2D eigenvalue weighted by Crippen LogP contribution is -2.15. The molecule has 0 atom stereocenters. The van der Waals surface area contributed by atoms with E-state index in [0.717, 1.165) is 12.8 Å². The fraction of sp³-hybridized carbons (Fsp3) is 0.562. The van der Waals surface area contributed by atoms with Crippen LogP contribution in [0.15, 0.2) is 24.3 Å². The Morgan fingerprint density at radius 2 is 1.76 bits per heavy atom. The van der Waals surface area contributed by atoms with Crippen molar-refractivity contribution < 1.29 is 13.2 Å². The first kappa shape index (κ1) is 16.0. The molecule has 0 saturated heterocycles. The fourth-order valence-electron chi connectivity index (χ4n) is 2.75. The van der Waals surface area contributed by atoms with Crippen LogP contribution < -0.4 is 4.72 Å². The van der Waals surface area contributed by atoms with Crippen LogP contribution in [0.3, 0.4) is 0 Å². The van der Waals surface area contributed by atoms with E-state index in [-0.39, 0.29) is 11.5 Å². The lowest BCUT2D eigenvalue weighted by atomic mass is 9.85. The second kappa shape index (κ2) is 7.07. The molecule has 0 spiro atoms. The summed E-state index contributed by atoms with van der Waals surface area (Å²) in [7, 11) is -3.26. The summed E-state index contributed by atoms with van der Waals surface area (Å²) in [5, 5.41) is 0. The van der Waals surface area contributed by atoms with Gasteiger partial charge in [-0.1, -0.05) is 32.1 Å². The molecule has 0 bridgehead atoms. The Morgan fingerprint density at radius 1 is 1.14 bits per heavy atom. The van der Waals surface area contributed by atoms with E-state index in [2.05, 4.69) is 4.72 Å². The minimum atomic E-state index is -3.26. The zero-order valence-electron chi connectivity index (χ0n) is 12.5. The minimum Gasteiger partial charge on any atom is -0.294 e. The number of anilines is 1. The normalized spacial score (nSPS) is 16.6. The average molecular weight is 309 g/mol. The van der Waals surface area contributed by atoms with Gasteiger partial charge < -0.3 is 0 Å². The molecule has 0 heterocycles. The molecule has 1 aliphatic rings. The molecule has 1 fully saturated rings. The molecule has 1 aromatic rings. The van der Waals surface area contributed by atoms with Crippen LogP contribution in [-0.2, 0) is 10.0 Å². The molecule has 0 aromatic heterocycles. The standard InChI is InChI=1S/C16H23NO3S/c1-2-21(19,20)17-15-10-8-14(9-11-15)16(18)12-13-6-4-3-5-7-13/h8-11,13,17H,2-7,12H2,1H3. The van der Waals surface area contributed by atoms with Gasteiger partial charge in [-0.2, -0.15) is 0 Å². The van der Waals surface area contributed by atoms with Gasteiger partial charge in [0.2, 0.25) is 10.0 Å². The van der Waals surface area contributed by atoms with Gasteiger partial charge in [0.25, 0.3) is 0 Å². The van der Waals surface area contributed by atoms with Crippen LogP contribution in [0, 0.1) is 5.92 Å². The van der Waals surface area contributed by atoms with Gasteiger partial charge in [-0.3, -0.25) is 9.52 Å². The van der Waals surface area contributed by atoms with Gasteiger partial charge in [0.15, 0.2) is 5.78 Å². The number of nitrogens with one attached hydrogen (secondary N) is 1. The summed E-state index contributed by atoms with van der Waals surface area (Å²) in [6, 6.07) is 6.72. The predicted octanol–water partition coefficient (Wildman–Crippen LogP) is 3.60. The minimum absolute atomic E-state index is 0.0371. The molecule has 1 saturated carbocycles. The molecule has 1 aliphatic carbocycles. The molecule has 0 unspecified atom stereocenters. The molecule has 21 heavy (non-hydrogen) atoms. The van der Waals surface area contributed by atoms with Gasteiger partial charge in [0, 0.05) is 17.7 Å². The lowest BCUT2D eigenvalue weighted by Gasteiger charge is -2.20. The number of ketones is 1. The molecule has 1 aromatic carbocycles. The maximum Gasteiger partial charge on any atom is 0.232 e. The largest absolute Gasteiger partial charge is 0.294 e. The van der Waals surface area contributed by atoms with E-state index in [1.54, 1.807) is 31.2 Å². The highest BCUT2D eigenvalue weighted by Gasteiger charge is 2.18. The molecule has 1 N–H and O–H groups in total. The third-order valence-corrected chi connectivity index (χ3v) is 5.37. The summed E-state index contributed by atoms with van der Waals surface area (Å²) in [6.07, 6.45) is 6.67. The van der Waals surface area contributed by atoms with Crippen molar-refractivity contribution in [3.8, 4) is 0 Å². The number of carbonyl (C=O) groups is 1. The van der Waals surface area contributed by atoms with E-state index in [1.165, 1.54) is 19.3 Å². The second-order valence-electron chi connectivity index (χ2n) is 5.71. The summed E-state index contributed by atoms with van der Waals surface area (Å²) in [6.45, 7) is 1.59. The zero-order chi connectivity index (χ0) is 15.3. The molecule has 4 nitrogen and oxygen atoms in total. The van der Waals surface area contributed by atoms with Crippen molar-refractivity contribution in [3.63, 3.8) is 0 Å².